The summed E-state index contributed by atoms with van der Waals surface area (Å²) in [7, 11) is 0. The molecule has 0 amide bonds. The zero-order valence-corrected chi connectivity index (χ0v) is 12.7. The van der Waals surface area contributed by atoms with Crippen LogP contribution in [0.5, 0.6) is 0 Å². The number of fused-ring (bicyclic) bond motifs is 1. The van der Waals surface area contributed by atoms with Crippen LogP contribution in [0, 0.1) is 0 Å². The fourth-order valence-electron chi connectivity index (χ4n) is 2.50. The monoisotopic (exact) mass is 312 g/mol. The van der Waals surface area contributed by atoms with Crippen LogP contribution in [0.3, 0.4) is 0 Å². The molecule has 1 atom stereocenters. The number of rotatable bonds is 2. The summed E-state index contributed by atoms with van der Waals surface area (Å²) in [4.78, 5) is 2.44. The van der Waals surface area contributed by atoms with E-state index in [4.69, 9.17) is 23.2 Å². The van der Waals surface area contributed by atoms with Gasteiger partial charge < -0.3 is 5.11 Å². The predicted molar refractivity (Wildman–Crippen MR) is 81.5 cm³/mol. The van der Waals surface area contributed by atoms with Crippen molar-refractivity contribution in [3.05, 3.63) is 55.2 Å². The van der Waals surface area contributed by atoms with Crippen LogP contribution in [0.15, 0.2) is 24.3 Å². The molecule has 2 aromatic rings. The molecule has 0 spiro atoms. The summed E-state index contributed by atoms with van der Waals surface area (Å²) in [5.41, 5.74) is 2.21. The Morgan fingerprint density at radius 3 is 2.58 bits per heavy atom. The summed E-state index contributed by atoms with van der Waals surface area (Å²) in [6, 6.07) is 7.45. The smallest absolute Gasteiger partial charge is 0.113 e. The lowest BCUT2D eigenvalue weighted by Crippen LogP contribution is -1.97. The van der Waals surface area contributed by atoms with Crippen LogP contribution in [0.4, 0.5) is 0 Å². The summed E-state index contributed by atoms with van der Waals surface area (Å²) >= 11 is 13.6. The molecule has 0 saturated carbocycles. The molecule has 0 radical (unpaired) electrons. The van der Waals surface area contributed by atoms with E-state index in [0.29, 0.717) is 10.0 Å². The Morgan fingerprint density at radius 2 is 1.84 bits per heavy atom. The van der Waals surface area contributed by atoms with Gasteiger partial charge in [-0.2, -0.15) is 0 Å². The Bertz CT molecular complexity index is 583. The van der Waals surface area contributed by atoms with Gasteiger partial charge in [-0.25, -0.2) is 0 Å². The number of benzene rings is 1. The highest BCUT2D eigenvalue weighted by molar-refractivity contribution is 7.12. The maximum atomic E-state index is 10.5. The normalized spacial score (nSPS) is 16.2. The van der Waals surface area contributed by atoms with Crippen molar-refractivity contribution in [2.75, 3.05) is 0 Å². The van der Waals surface area contributed by atoms with E-state index in [2.05, 4.69) is 6.07 Å². The molecule has 1 unspecified atom stereocenters. The molecule has 100 valence electrons. The Kier molecular flexibility index (Phi) is 3.86. The molecular formula is C15H14Cl2OS. The third-order valence-electron chi connectivity index (χ3n) is 3.54. The van der Waals surface area contributed by atoms with E-state index in [1.807, 2.05) is 6.07 Å². The molecule has 1 heterocycles. The Hall–Kier alpha value is -0.540. The fraction of sp³-hybridized carbons (Fsp3) is 0.333. The van der Waals surface area contributed by atoms with Gasteiger partial charge in [-0.3, -0.25) is 0 Å². The van der Waals surface area contributed by atoms with Crippen LogP contribution in [0.1, 0.15) is 39.8 Å². The first kappa shape index (κ1) is 13.4. The van der Waals surface area contributed by atoms with Crippen LogP contribution in [0.25, 0.3) is 0 Å². The van der Waals surface area contributed by atoms with Crippen molar-refractivity contribution in [2.24, 2.45) is 0 Å². The van der Waals surface area contributed by atoms with E-state index in [0.717, 1.165) is 23.3 Å². The minimum absolute atomic E-state index is 0.486. The van der Waals surface area contributed by atoms with Gasteiger partial charge in [-0.15, -0.1) is 11.3 Å². The highest BCUT2D eigenvalue weighted by Crippen LogP contribution is 2.36. The SMILES string of the molecule is OC(c1ccc(Cl)c(Cl)c1)c1cc2c(s1)CCCC2. The number of aryl methyl sites for hydroxylation is 2. The lowest BCUT2D eigenvalue weighted by Gasteiger charge is -2.09. The Labute approximate surface area is 126 Å². The van der Waals surface area contributed by atoms with E-state index >= 15 is 0 Å². The number of aliphatic hydroxyl groups is 1. The van der Waals surface area contributed by atoms with Crippen LogP contribution < -0.4 is 0 Å². The fourth-order valence-corrected chi connectivity index (χ4v) is 4.07. The summed E-state index contributed by atoms with van der Waals surface area (Å²) < 4.78 is 0. The molecule has 1 aliphatic rings. The maximum Gasteiger partial charge on any atom is 0.113 e. The van der Waals surface area contributed by atoms with Crippen LogP contribution in [-0.4, -0.2) is 5.11 Å². The van der Waals surface area contributed by atoms with E-state index in [9.17, 15) is 5.11 Å². The van der Waals surface area contributed by atoms with Crippen molar-refractivity contribution in [2.45, 2.75) is 31.8 Å². The molecule has 1 N–H and O–H groups in total. The largest absolute Gasteiger partial charge is 0.383 e. The molecule has 19 heavy (non-hydrogen) atoms. The molecule has 1 nitrogen and oxygen atoms in total. The standard InChI is InChI=1S/C15H14Cl2OS/c16-11-6-5-10(7-12(11)17)15(18)14-8-9-3-1-2-4-13(9)19-14/h5-8,15,18H,1-4H2. The molecule has 1 aromatic heterocycles. The van der Waals surface area contributed by atoms with Gasteiger partial charge in [0.15, 0.2) is 0 Å². The number of hydrogen-bond acceptors (Lipinski definition) is 2. The number of halogens is 2. The van der Waals surface area contributed by atoms with Crippen molar-refractivity contribution < 1.29 is 5.11 Å². The van der Waals surface area contributed by atoms with Crippen molar-refractivity contribution in [1.82, 2.24) is 0 Å². The van der Waals surface area contributed by atoms with Gasteiger partial charge in [0, 0.05) is 9.75 Å². The minimum atomic E-state index is -0.606. The third kappa shape index (κ3) is 2.68. The first-order valence-electron chi connectivity index (χ1n) is 6.39. The van der Waals surface area contributed by atoms with Gasteiger partial charge in [0.25, 0.3) is 0 Å². The van der Waals surface area contributed by atoms with E-state index in [1.54, 1.807) is 23.5 Å². The van der Waals surface area contributed by atoms with Gasteiger partial charge in [0.2, 0.25) is 0 Å². The van der Waals surface area contributed by atoms with Gasteiger partial charge in [0.05, 0.1) is 10.0 Å². The number of aliphatic hydroxyl groups excluding tert-OH is 1. The highest BCUT2D eigenvalue weighted by atomic mass is 35.5. The third-order valence-corrected chi connectivity index (χ3v) is 5.57. The van der Waals surface area contributed by atoms with Crippen molar-refractivity contribution in [1.29, 1.82) is 0 Å². The predicted octanol–water partition coefficient (Wildman–Crippen LogP) is 5.02. The van der Waals surface area contributed by atoms with Crippen LogP contribution in [0.2, 0.25) is 10.0 Å². The number of thiophene rings is 1. The lowest BCUT2D eigenvalue weighted by atomic mass is 9.98. The van der Waals surface area contributed by atoms with Gasteiger partial charge >= 0.3 is 0 Å². The van der Waals surface area contributed by atoms with E-state index in [1.165, 1.54) is 23.3 Å². The van der Waals surface area contributed by atoms with E-state index in [-0.39, 0.29) is 0 Å². The van der Waals surface area contributed by atoms with Crippen LogP contribution in [-0.2, 0) is 12.8 Å². The molecule has 1 aromatic carbocycles. The summed E-state index contributed by atoms with van der Waals surface area (Å²) in [5.74, 6) is 0. The van der Waals surface area contributed by atoms with Gasteiger partial charge in [-0.1, -0.05) is 29.3 Å². The first-order valence-corrected chi connectivity index (χ1v) is 7.97. The highest BCUT2D eigenvalue weighted by Gasteiger charge is 2.19. The topological polar surface area (TPSA) is 20.2 Å². The second-order valence-electron chi connectivity index (χ2n) is 4.88. The summed E-state index contributed by atoms with van der Waals surface area (Å²) in [6.07, 6.45) is 4.20. The summed E-state index contributed by atoms with van der Waals surface area (Å²) in [5, 5.41) is 11.5. The molecule has 4 heteroatoms. The minimum Gasteiger partial charge on any atom is -0.383 e. The zero-order valence-electron chi connectivity index (χ0n) is 10.3. The van der Waals surface area contributed by atoms with Crippen molar-refractivity contribution >= 4 is 34.5 Å². The quantitative estimate of drug-likeness (QED) is 0.826. The van der Waals surface area contributed by atoms with Crippen molar-refractivity contribution in [3.63, 3.8) is 0 Å². The second kappa shape index (κ2) is 5.45. The number of hydrogen-bond donors (Lipinski definition) is 1. The van der Waals surface area contributed by atoms with Crippen LogP contribution >= 0.6 is 34.5 Å². The lowest BCUT2D eigenvalue weighted by molar-refractivity contribution is 0.224. The van der Waals surface area contributed by atoms with E-state index < -0.39 is 6.10 Å². The van der Waals surface area contributed by atoms with Gasteiger partial charge in [0.1, 0.15) is 6.10 Å². The van der Waals surface area contributed by atoms with Crippen molar-refractivity contribution in [3.8, 4) is 0 Å². The maximum absolute atomic E-state index is 10.5. The van der Waals surface area contributed by atoms with Gasteiger partial charge in [-0.05, 0) is 55.0 Å². The molecular weight excluding hydrogens is 299 g/mol. The Morgan fingerprint density at radius 1 is 1.05 bits per heavy atom. The average molecular weight is 313 g/mol. The molecule has 1 aliphatic carbocycles. The zero-order chi connectivity index (χ0) is 13.4. The molecule has 0 fully saturated rings. The second-order valence-corrected chi connectivity index (χ2v) is 6.86. The average Bonchev–Trinajstić information content (AvgIpc) is 2.85. The Balaban J connectivity index is 1.92. The molecule has 0 aliphatic heterocycles. The molecule has 0 saturated heterocycles. The molecule has 3 rings (SSSR count). The summed E-state index contributed by atoms with van der Waals surface area (Å²) in [6.45, 7) is 0. The first-order chi connectivity index (χ1) is 9.15. The molecule has 0 bridgehead atoms.